The summed E-state index contributed by atoms with van der Waals surface area (Å²) < 4.78 is 0. The number of aliphatic carboxylic acids is 1. The van der Waals surface area contributed by atoms with Gasteiger partial charge in [-0.1, -0.05) is 0 Å². The molecule has 86 valence electrons. The van der Waals surface area contributed by atoms with Crippen LogP contribution in [0.3, 0.4) is 0 Å². The molecule has 0 amide bonds. The van der Waals surface area contributed by atoms with Crippen LogP contribution < -0.4 is 0 Å². The lowest BCUT2D eigenvalue weighted by molar-refractivity contribution is -0.137. The Morgan fingerprint density at radius 2 is 2.07 bits per heavy atom. The van der Waals surface area contributed by atoms with Gasteiger partial charge in [-0.3, -0.25) is 9.79 Å². The van der Waals surface area contributed by atoms with Gasteiger partial charge in [-0.2, -0.15) is 0 Å². The smallest absolute Gasteiger partial charge is 0.303 e. The SMILES string of the molecule is CC1=NC(C)(CCC(=O)O)N([O-])C1(C)C. The average molecular weight is 213 g/mol. The van der Waals surface area contributed by atoms with Crippen LogP contribution in [0.15, 0.2) is 4.99 Å². The van der Waals surface area contributed by atoms with E-state index in [2.05, 4.69) is 4.99 Å². The van der Waals surface area contributed by atoms with Crippen molar-refractivity contribution in [2.45, 2.75) is 51.7 Å². The quantitative estimate of drug-likeness (QED) is 0.772. The number of aliphatic imine (C=N–C) groups is 1. The minimum Gasteiger partial charge on any atom is -0.783 e. The van der Waals surface area contributed by atoms with Crippen LogP contribution in [0.5, 0.6) is 0 Å². The maximum absolute atomic E-state index is 12.0. The number of nitrogens with zero attached hydrogens (tertiary/aromatic N) is 2. The second-order valence-electron chi connectivity index (χ2n) is 4.66. The van der Waals surface area contributed by atoms with Crippen molar-refractivity contribution < 1.29 is 9.90 Å². The molecule has 1 aliphatic heterocycles. The number of carboxylic acids is 1. The molecular formula is C10H17N2O3-. The van der Waals surface area contributed by atoms with E-state index in [1.165, 1.54) is 0 Å². The van der Waals surface area contributed by atoms with Crippen LogP contribution in [0.2, 0.25) is 0 Å². The molecule has 15 heavy (non-hydrogen) atoms. The highest BCUT2D eigenvalue weighted by molar-refractivity contribution is 5.93. The number of carboxylic acid groups (broad SMARTS) is 1. The van der Waals surface area contributed by atoms with Crippen molar-refractivity contribution in [3.05, 3.63) is 5.21 Å². The monoisotopic (exact) mass is 213 g/mol. The lowest BCUT2D eigenvalue weighted by atomic mass is 9.99. The zero-order valence-corrected chi connectivity index (χ0v) is 9.57. The molecule has 1 N–H and O–H groups in total. The van der Waals surface area contributed by atoms with E-state index in [0.29, 0.717) is 0 Å². The second-order valence-corrected chi connectivity index (χ2v) is 4.66. The van der Waals surface area contributed by atoms with Gasteiger partial charge in [-0.25, -0.2) is 0 Å². The Balaban J connectivity index is 2.84. The summed E-state index contributed by atoms with van der Waals surface area (Å²) in [6.45, 7) is 7.08. The van der Waals surface area contributed by atoms with Crippen molar-refractivity contribution in [2.24, 2.45) is 4.99 Å². The van der Waals surface area contributed by atoms with Crippen LogP contribution >= 0.6 is 0 Å². The van der Waals surface area contributed by atoms with Gasteiger partial charge in [0.25, 0.3) is 0 Å². The molecule has 0 aromatic rings. The Morgan fingerprint density at radius 1 is 1.53 bits per heavy atom. The van der Waals surface area contributed by atoms with Crippen molar-refractivity contribution in [3.63, 3.8) is 0 Å². The van der Waals surface area contributed by atoms with Crippen LogP contribution in [0.4, 0.5) is 0 Å². The van der Waals surface area contributed by atoms with Crippen LogP contribution in [-0.2, 0) is 4.79 Å². The van der Waals surface area contributed by atoms with Gasteiger partial charge in [0.15, 0.2) is 0 Å². The first-order valence-electron chi connectivity index (χ1n) is 4.96. The molecule has 0 spiro atoms. The molecule has 0 fully saturated rings. The van der Waals surface area contributed by atoms with Gasteiger partial charge in [0.05, 0.1) is 5.66 Å². The third-order valence-corrected chi connectivity index (χ3v) is 3.05. The Kier molecular flexibility index (Phi) is 2.89. The lowest BCUT2D eigenvalue weighted by Crippen LogP contribution is -2.49. The fourth-order valence-corrected chi connectivity index (χ4v) is 1.79. The van der Waals surface area contributed by atoms with Gasteiger partial charge >= 0.3 is 5.97 Å². The predicted molar refractivity (Wildman–Crippen MR) is 57.7 cm³/mol. The molecule has 0 aromatic heterocycles. The van der Waals surface area contributed by atoms with E-state index < -0.39 is 17.2 Å². The number of rotatable bonds is 3. The summed E-state index contributed by atoms with van der Waals surface area (Å²) in [5.41, 5.74) is -0.801. The van der Waals surface area contributed by atoms with E-state index >= 15 is 0 Å². The molecule has 1 rings (SSSR count). The largest absolute Gasteiger partial charge is 0.783 e. The van der Waals surface area contributed by atoms with Crippen LogP contribution in [0.25, 0.3) is 0 Å². The molecule has 0 bridgehead atoms. The molecule has 1 aliphatic rings. The summed E-state index contributed by atoms with van der Waals surface area (Å²) >= 11 is 0. The van der Waals surface area contributed by atoms with E-state index in [9.17, 15) is 10.0 Å². The zero-order chi connectivity index (χ0) is 11.9. The molecule has 0 saturated heterocycles. The topological polar surface area (TPSA) is 76.0 Å². The molecule has 0 saturated carbocycles. The third kappa shape index (κ3) is 2.03. The summed E-state index contributed by atoms with van der Waals surface area (Å²) in [6.07, 6.45) is 0.203. The first-order valence-corrected chi connectivity index (χ1v) is 4.96. The second kappa shape index (κ2) is 3.57. The summed E-state index contributed by atoms with van der Waals surface area (Å²) in [5.74, 6) is -0.901. The van der Waals surface area contributed by atoms with Gasteiger partial charge in [-0.15, -0.1) is 0 Å². The van der Waals surface area contributed by atoms with Gasteiger partial charge in [0, 0.05) is 17.7 Å². The molecule has 1 unspecified atom stereocenters. The van der Waals surface area contributed by atoms with Crippen molar-refractivity contribution in [2.75, 3.05) is 0 Å². The third-order valence-electron chi connectivity index (χ3n) is 3.05. The number of hydrogen-bond donors (Lipinski definition) is 1. The highest BCUT2D eigenvalue weighted by Crippen LogP contribution is 2.36. The minimum absolute atomic E-state index is 0.0396. The Labute approximate surface area is 89.4 Å². The van der Waals surface area contributed by atoms with Gasteiger partial charge in [0.1, 0.15) is 0 Å². The van der Waals surface area contributed by atoms with E-state index in [-0.39, 0.29) is 12.8 Å². The standard InChI is InChI=1S/C10H17N2O3/c1-7-9(2,3)12(15)10(4,11-7)6-5-8(13)14/h5-6H2,1-4H3,(H,13,14)/q-1. The van der Waals surface area contributed by atoms with E-state index in [0.717, 1.165) is 10.8 Å². The van der Waals surface area contributed by atoms with Gasteiger partial charge in [-0.05, 0) is 34.1 Å². The summed E-state index contributed by atoms with van der Waals surface area (Å²) in [5, 5.41) is 21.5. The van der Waals surface area contributed by atoms with Crippen LogP contribution in [-0.4, -0.2) is 33.1 Å². The fourth-order valence-electron chi connectivity index (χ4n) is 1.79. The molecule has 0 aromatic carbocycles. The number of carbonyl (C=O) groups is 1. The summed E-state index contributed by atoms with van der Waals surface area (Å²) in [7, 11) is 0. The van der Waals surface area contributed by atoms with E-state index in [1.54, 1.807) is 27.7 Å². The molecule has 5 heteroatoms. The normalized spacial score (nSPS) is 30.3. The summed E-state index contributed by atoms with van der Waals surface area (Å²) in [4.78, 5) is 14.8. The van der Waals surface area contributed by atoms with Gasteiger partial charge < -0.3 is 15.4 Å². The van der Waals surface area contributed by atoms with Crippen molar-refractivity contribution in [3.8, 4) is 0 Å². The van der Waals surface area contributed by atoms with Crippen LogP contribution in [0.1, 0.15) is 40.5 Å². The van der Waals surface area contributed by atoms with Crippen molar-refractivity contribution in [1.29, 1.82) is 0 Å². The Bertz CT molecular complexity index is 312. The molecular weight excluding hydrogens is 196 g/mol. The number of hydroxylamine groups is 2. The fraction of sp³-hybridized carbons (Fsp3) is 0.800. The Morgan fingerprint density at radius 3 is 2.40 bits per heavy atom. The Hall–Kier alpha value is -0.940. The van der Waals surface area contributed by atoms with Crippen molar-refractivity contribution in [1.82, 2.24) is 5.06 Å². The van der Waals surface area contributed by atoms with E-state index in [1.807, 2.05) is 0 Å². The minimum atomic E-state index is -0.925. The lowest BCUT2D eigenvalue weighted by Gasteiger charge is -2.47. The maximum Gasteiger partial charge on any atom is 0.303 e. The zero-order valence-electron chi connectivity index (χ0n) is 9.57. The molecule has 0 aliphatic carbocycles. The van der Waals surface area contributed by atoms with Crippen LogP contribution in [0, 0.1) is 5.21 Å². The molecule has 1 atom stereocenters. The molecule has 5 nitrogen and oxygen atoms in total. The number of hydrogen-bond acceptors (Lipinski definition) is 4. The maximum atomic E-state index is 12.0. The van der Waals surface area contributed by atoms with Gasteiger partial charge in [0.2, 0.25) is 0 Å². The molecule has 0 radical (unpaired) electrons. The average Bonchev–Trinajstić information content (AvgIpc) is 2.26. The highest BCUT2D eigenvalue weighted by atomic mass is 16.5. The molecule has 1 heterocycles. The van der Waals surface area contributed by atoms with E-state index in [4.69, 9.17) is 5.11 Å². The first kappa shape index (κ1) is 12.1. The summed E-state index contributed by atoms with van der Waals surface area (Å²) in [6, 6.07) is 0. The van der Waals surface area contributed by atoms with Crippen molar-refractivity contribution >= 4 is 11.7 Å². The highest BCUT2D eigenvalue weighted by Gasteiger charge is 2.42. The first-order chi connectivity index (χ1) is 6.70. The predicted octanol–water partition coefficient (Wildman–Crippen LogP) is 1.62.